The van der Waals surface area contributed by atoms with E-state index in [0.29, 0.717) is 27.6 Å². The number of fused-ring (bicyclic) bond motifs is 1. The molecule has 0 saturated heterocycles. The second-order valence-electron chi connectivity index (χ2n) is 6.07. The van der Waals surface area contributed by atoms with Crippen molar-refractivity contribution in [3.63, 3.8) is 0 Å². The Hall–Kier alpha value is -1.98. The standard InChI is InChI=1S/C15H20N4O2SSi/c1-19-12(14(20)21-2)11(16)10-9(7-8-23(4,5)6)17-15(22-3)18-13(10)19/h16H2,1-6H3. The monoisotopic (exact) mass is 348 g/mol. The topological polar surface area (TPSA) is 83.0 Å². The lowest BCUT2D eigenvalue weighted by atomic mass is 10.2. The molecule has 0 atom stereocenters. The van der Waals surface area contributed by atoms with Crippen LogP contribution in [0.1, 0.15) is 16.2 Å². The molecule has 2 N–H and O–H groups in total. The van der Waals surface area contributed by atoms with Crippen LogP contribution in [0, 0.1) is 11.5 Å². The third kappa shape index (κ3) is 3.35. The number of nitrogen functional groups attached to an aromatic ring is 1. The van der Waals surface area contributed by atoms with Crippen LogP contribution in [0.15, 0.2) is 5.16 Å². The van der Waals surface area contributed by atoms with Gasteiger partial charge in [0.25, 0.3) is 0 Å². The molecule has 2 aromatic rings. The number of ether oxygens (including phenoxy) is 1. The van der Waals surface area contributed by atoms with Gasteiger partial charge in [-0.3, -0.25) is 0 Å². The maximum atomic E-state index is 12.0. The van der Waals surface area contributed by atoms with Gasteiger partial charge in [-0.2, -0.15) is 0 Å². The predicted molar refractivity (Wildman–Crippen MR) is 96.3 cm³/mol. The third-order valence-corrected chi connectivity index (χ3v) is 4.59. The molecule has 0 aliphatic carbocycles. The first kappa shape index (κ1) is 17.4. The van der Waals surface area contributed by atoms with E-state index in [9.17, 15) is 4.79 Å². The number of hydrogen-bond donors (Lipinski definition) is 1. The van der Waals surface area contributed by atoms with Gasteiger partial charge in [-0.15, -0.1) is 5.54 Å². The molecule has 0 aliphatic rings. The number of nitrogens with two attached hydrogens (primary N) is 1. The zero-order chi connectivity index (χ0) is 17.4. The quantitative estimate of drug-likeness (QED) is 0.295. The fraction of sp³-hybridized carbons (Fsp3) is 0.400. The number of aryl methyl sites for hydroxylation is 1. The van der Waals surface area contributed by atoms with E-state index >= 15 is 0 Å². The largest absolute Gasteiger partial charge is 0.464 e. The molecule has 0 amide bonds. The van der Waals surface area contributed by atoms with Gasteiger partial charge in [-0.1, -0.05) is 37.3 Å². The third-order valence-electron chi connectivity index (χ3n) is 3.16. The summed E-state index contributed by atoms with van der Waals surface area (Å²) in [7, 11) is 1.48. The lowest BCUT2D eigenvalue weighted by Gasteiger charge is -2.04. The lowest BCUT2D eigenvalue weighted by molar-refractivity contribution is 0.0591. The van der Waals surface area contributed by atoms with Gasteiger partial charge in [0.15, 0.2) is 10.9 Å². The summed E-state index contributed by atoms with van der Waals surface area (Å²) in [6.07, 6.45) is 1.89. The molecule has 0 aromatic carbocycles. The fourth-order valence-corrected chi connectivity index (χ4v) is 2.95. The van der Waals surface area contributed by atoms with Crippen LogP contribution in [-0.2, 0) is 11.8 Å². The second kappa shape index (κ2) is 6.26. The van der Waals surface area contributed by atoms with Crippen molar-refractivity contribution >= 4 is 42.5 Å². The number of thioether (sulfide) groups is 1. The molecule has 0 spiro atoms. The van der Waals surface area contributed by atoms with E-state index < -0.39 is 14.0 Å². The number of hydrogen-bond acceptors (Lipinski definition) is 6. The van der Waals surface area contributed by atoms with Crippen LogP contribution in [0.2, 0.25) is 19.6 Å². The summed E-state index contributed by atoms with van der Waals surface area (Å²) in [5.41, 5.74) is 11.2. The summed E-state index contributed by atoms with van der Waals surface area (Å²) in [5.74, 6) is 2.64. The van der Waals surface area contributed by atoms with Crippen molar-refractivity contribution in [2.45, 2.75) is 24.8 Å². The normalized spacial score (nSPS) is 11.2. The molecule has 0 fully saturated rings. The molecule has 0 radical (unpaired) electrons. The molecule has 0 saturated carbocycles. The highest BCUT2D eigenvalue weighted by atomic mass is 32.2. The van der Waals surface area contributed by atoms with E-state index in [1.165, 1.54) is 18.9 Å². The fourth-order valence-electron chi connectivity index (χ4n) is 2.10. The SMILES string of the molecule is COC(=O)c1c(N)c2c(C#C[Si](C)(C)C)nc(SC)nc2n1C. The summed E-state index contributed by atoms with van der Waals surface area (Å²) in [5, 5.41) is 1.20. The molecule has 2 heterocycles. The Morgan fingerprint density at radius 1 is 1.35 bits per heavy atom. The smallest absolute Gasteiger partial charge is 0.356 e. The van der Waals surface area contributed by atoms with Crippen LogP contribution in [0.3, 0.4) is 0 Å². The van der Waals surface area contributed by atoms with E-state index in [0.717, 1.165) is 0 Å². The van der Waals surface area contributed by atoms with Crippen LogP contribution in [0.5, 0.6) is 0 Å². The van der Waals surface area contributed by atoms with Gasteiger partial charge < -0.3 is 15.0 Å². The summed E-state index contributed by atoms with van der Waals surface area (Å²) < 4.78 is 6.45. The van der Waals surface area contributed by atoms with E-state index in [1.807, 2.05) is 6.26 Å². The van der Waals surface area contributed by atoms with Gasteiger partial charge in [-0.05, 0) is 6.26 Å². The van der Waals surface area contributed by atoms with Crippen molar-refractivity contribution in [2.75, 3.05) is 19.1 Å². The average Bonchev–Trinajstić information content (AvgIpc) is 2.75. The highest BCUT2D eigenvalue weighted by molar-refractivity contribution is 7.98. The number of anilines is 1. The van der Waals surface area contributed by atoms with Crippen molar-refractivity contribution in [3.8, 4) is 11.5 Å². The van der Waals surface area contributed by atoms with Crippen molar-refractivity contribution in [1.82, 2.24) is 14.5 Å². The Kier molecular flexibility index (Phi) is 4.73. The lowest BCUT2D eigenvalue weighted by Crippen LogP contribution is -2.16. The molecule has 23 heavy (non-hydrogen) atoms. The van der Waals surface area contributed by atoms with Gasteiger partial charge in [0.1, 0.15) is 19.4 Å². The van der Waals surface area contributed by atoms with Crippen LogP contribution in [-0.4, -0.2) is 41.9 Å². The predicted octanol–water partition coefficient (Wildman–Crippen LogP) is 2.29. The molecule has 122 valence electrons. The summed E-state index contributed by atoms with van der Waals surface area (Å²) in [6, 6.07) is 0. The van der Waals surface area contributed by atoms with E-state index in [1.54, 1.807) is 11.6 Å². The number of rotatable bonds is 2. The molecular weight excluding hydrogens is 328 g/mol. The molecule has 0 aliphatic heterocycles. The highest BCUT2D eigenvalue weighted by Crippen LogP contribution is 2.30. The number of methoxy groups -OCH3 is 1. The maximum absolute atomic E-state index is 12.0. The van der Waals surface area contributed by atoms with Gasteiger partial charge in [0.05, 0.1) is 18.2 Å². The minimum absolute atomic E-state index is 0.270. The van der Waals surface area contributed by atoms with Crippen LogP contribution < -0.4 is 5.73 Å². The zero-order valence-electron chi connectivity index (χ0n) is 14.1. The Balaban J connectivity index is 2.85. The van der Waals surface area contributed by atoms with Gasteiger partial charge >= 0.3 is 5.97 Å². The van der Waals surface area contributed by atoms with E-state index in [-0.39, 0.29) is 5.69 Å². The average molecular weight is 349 g/mol. The number of esters is 1. The maximum Gasteiger partial charge on any atom is 0.356 e. The molecular formula is C15H20N4O2SSi. The minimum Gasteiger partial charge on any atom is -0.464 e. The second-order valence-corrected chi connectivity index (χ2v) is 11.6. The molecule has 6 nitrogen and oxygen atoms in total. The number of nitrogens with zero attached hydrogens (tertiary/aromatic N) is 3. The first-order valence-corrected chi connectivity index (χ1v) is 11.7. The van der Waals surface area contributed by atoms with Crippen molar-refractivity contribution in [2.24, 2.45) is 7.05 Å². The van der Waals surface area contributed by atoms with Gasteiger partial charge in [0, 0.05) is 7.05 Å². The number of carbonyl (C=O) groups excluding carboxylic acids is 1. The van der Waals surface area contributed by atoms with E-state index in [4.69, 9.17) is 10.5 Å². The minimum atomic E-state index is -1.58. The summed E-state index contributed by atoms with van der Waals surface area (Å²) in [4.78, 5) is 20.9. The number of aromatic nitrogens is 3. The molecule has 8 heteroatoms. The first-order valence-electron chi connectivity index (χ1n) is 7.01. The van der Waals surface area contributed by atoms with Gasteiger partial charge in [-0.25, -0.2) is 14.8 Å². The molecule has 2 aromatic heterocycles. The van der Waals surface area contributed by atoms with Crippen molar-refractivity contribution in [1.29, 1.82) is 0 Å². The van der Waals surface area contributed by atoms with Crippen molar-refractivity contribution < 1.29 is 9.53 Å². The molecule has 0 unspecified atom stereocenters. The highest BCUT2D eigenvalue weighted by Gasteiger charge is 2.24. The van der Waals surface area contributed by atoms with E-state index in [2.05, 4.69) is 41.1 Å². The first-order chi connectivity index (χ1) is 10.7. The summed E-state index contributed by atoms with van der Waals surface area (Å²) >= 11 is 1.42. The Morgan fingerprint density at radius 3 is 2.52 bits per heavy atom. The Morgan fingerprint density at radius 2 is 2.00 bits per heavy atom. The van der Waals surface area contributed by atoms with Crippen LogP contribution >= 0.6 is 11.8 Å². The molecule has 2 rings (SSSR count). The summed E-state index contributed by atoms with van der Waals surface area (Å²) in [6.45, 7) is 6.46. The Bertz CT molecular complexity index is 843. The zero-order valence-corrected chi connectivity index (χ0v) is 16.0. The van der Waals surface area contributed by atoms with Crippen LogP contribution in [0.25, 0.3) is 11.0 Å². The number of carbonyl (C=O) groups is 1. The van der Waals surface area contributed by atoms with Crippen molar-refractivity contribution in [3.05, 3.63) is 11.4 Å². The van der Waals surface area contributed by atoms with Gasteiger partial charge in [0.2, 0.25) is 0 Å². The molecule has 0 bridgehead atoms. The van der Waals surface area contributed by atoms with Crippen LogP contribution in [0.4, 0.5) is 5.69 Å². The Labute approximate surface area is 140 Å².